The third kappa shape index (κ3) is 5.69. The van der Waals surface area contributed by atoms with Crippen molar-refractivity contribution in [3.63, 3.8) is 0 Å². The van der Waals surface area contributed by atoms with Gasteiger partial charge in [0.05, 0.1) is 13.2 Å². The third-order valence-electron chi connectivity index (χ3n) is 1.82. The standard InChI is InChI=1S/C7H13F3N2OS/c8-7(9,10)14-11-1-2-12-3-5-13-6-4-12/h11H,1-6H2. The predicted molar refractivity (Wildman–Crippen MR) is 48.9 cm³/mol. The van der Waals surface area contributed by atoms with Crippen LogP contribution in [0, 0.1) is 0 Å². The summed E-state index contributed by atoms with van der Waals surface area (Å²) < 4.78 is 42.5. The van der Waals surface area contributed by atoms with Crippen LogP contribution in [0.5, 0.6) is 0 Å². The van der Waals surface area contributed by atoms with Crippen LogP contribution >= 0.6 is 11.9 Å². The minimum atomic E-state index is -4.19. The zero-order valence-corrected chi connectivity index (χ0v) is 8.46. The molecule has 1 aliphatic heterocycles. The molecule has 0 spiro atoms. The Kier molecular flexibility index (Phi) is 5.00. The fourth-order valence-electron chi connectivity index (χ4n) is 1.16. The average molecular weight is 230 g/mol. The van der Waals surface area contributed by atoms with Crippen LogP contribution in [-0.2, 0) is 4.74 Å². The lowest BCUT2D eigenvalue weighted by Gasteiger charge is -2.26. The number of nitrogens with one attached hydrogen (secondary N) is 1. The molecule has 84 valence electrons. The Hall–Kier alpha value is 0.0200. The molecule has 0 amide bonds. The van der Waals surface area contributed by atoms with Gasteiger partial charge in [0.15, 0.2) is 0 Å². The van der Waals surface area contributed by atoms with Crippen molar-refractivity contribution in [2.24, 2.45) is 0 Å². The highest BCUT2D eigenvalue weighted by Gasteiger charge is 2.28. The van der Waals surface area contributed by atoms with Gasteiger partial charge in [0.25, 0.3) is 0 Å². The minimum absolute atomic E-state index is 0.186. The van der Waals surface area contributed by atoms with Crippen LogP contribution in [0.1, 0.15) is 0 Å². The van der Waals surface area contributed by atoms with E-state index in [0.717, 1.165) is 13.1 Å². The summed E-state index contributed by atoms with van der Waals surface area (Å²) in [5.74, 6) is 0. The van der Waals surface area contributed by atoms with Crippen LogP contribution in [0.15, 0.2) is 0 Å². The van der Waals surface area contributed by atoms with E-state index < -0.39 is 5.51 Å². The number of nitrogens with zero attached hydrogens (tertiary/aromatic N) is 1. The van der Waals surface area contributed by atoms with E-state index >= 15 is 0 Å². The molecule has 1 saturated heterocycles. The van der Waals surface area contributed by atoms with Gasteiger partial charge in [-0.2, -0.15) is 13.2 Å². The van der Waals surface area contributed by atoms with Crippen molar-refractivity contribution in [1.29, 1.82) is 0 Å². The fourth-order valence-corrected chi connectivity index (χ4v) is 1.52. The Balaban J connectivity index is 1.97. The van der Waals surface area contributed by atoms with Gasteiger partial charge in [-0.3, -0.25) is 9.62 Å². The molecule has 0 aliphatic carbocycles. The quantitative estimate of drug-likeness (QED) is 0.577. The summed E-state index contributed by atoms with van der Waals surface area (Å²) in [6, 6.07) is 0. The van der Waals surface area contributed by atoms with Gasteiger partial charge < -0.3 is 4.74 Å². The predicted octanol–water partition coefficient (Wildman–Crippen LogP) is 1.08. The first-order valence-corrected chi connectivity index (χ1v) is 5.17. The second-order valence-electron chi connectivity index (χ2n) is 2.90. The number of hydrogen-bond acceptors (Lipinski definition) is 4. The molecule has 1 aliphatic rings. The van der Waals surface area contributed by atoms with Gasteiger partial charge in [-0.15, -0.1) is 0 Å². The number of morpholine rings is 1. The number of alkyl halides is 3. The molecule has 3 nitrogen and oxygen atoms in total. The van der Waals surface area contributed by atoms with Crippen molar-refractivity contribution >= 4 is 11.9 Å². The average Bonchev–Trinajstić information content (AvgIpc) is 2.13. The smallest absolute Gasteiger partial charge is 0.379 e. The molecule has 1 N–H and O–H groups in total. The highest BCUT2D eigenvalue weighted by Crippen LogP contribution is 2.26. The Morgan fingerprint density at radius 3 is 2.50 bits per heavy atom. The molecule has 14 heavy (non-hydrogen) atoms. The zero-order chi connectivity index (χ0) is 10.4. The molecular formula is C7H13F3N2OS. The van der Waals surface area contributed by atoms with Crippen molar-refractivity contribution in [1.82, 2.24) is 9.62 Å². The Morgan fingerprint density at radius 2 is 1.93 bits per heavy atom. The highest BCUT2D eigenvalue weighted by molar-refractivity contribution is 7.98. The zero-order valence-electron chi connectivity index (χ0n) is 7.64. The van der Waals surface area contributed by atoms with Crippen LogP contribution < -0.4 is 4.72 Å². The van der Waals surface area contributed by atoms with Crippen molar-refractivity contribution in [2.45, 2.75) is 5.51 Å². The molecule has 0 bridgehead atoms. The van der Waals surface area contributed by atoms with Crippen LogP contribution in [0.3, 0.4) is 0 Å². The van der Waals surface area contributed by atoms with Crippen molar-refractivity contribution in [3.8, 4) is 0 Å². The summed E-state index contributed by atoms with van der Waals surface area (Å²) in [5.41, 5.74) is -4.19. The third-order valence-corrected chi connectivity index (χ3v) is 2.40. The van der Waals surface area contributed by atoms with E-state index in [9.17, 15) is 13.2 Å². The largest absolute Gasteiger partial charge is 0.456 e. The lowest BCUT2D eigenvalue weighted by atomic mass is 10.4. The lowest BCUT2D eigenvalue weighted by Crippen LogP contribution is -2.39. The van der Waals surface area contributed by atoms with Gasteiger partial charge in [-0.05, 0) is 0 Å². The summed E-state index contributed by atoms with van der Waals surface area (Å²) in [6.07, 6.45) is 0. The second-order valence-corrected chi connectivity index (χ2v) is 3.85. The van der Waals surface area contributed by atoms with E-state index in [4.69, 9.17) is 4.74 Å². The summed E-state index contributed by atoms with van der Waals surface area (Å²) >= 11 is -0.186. The van der Waals surface area contributed by atoms with Gasteiger partial charge in [-0.1, -0.05) is 0 Å². The summed E-state index contributed by atoms with van der Waals surface area (Å²) in [5, 5.41) is 0. The normalized spacial score (nSPS) is 19.9. The molecule has 1 rings (SSSR count). The molecule has 0 saturated carbocycles. The molecule has 0 atom stereocenters. The van der Waals surface area contributed by atoms with Gasteiger partial charge in [-0.25, -0.2) is 0 Å². The summed E-state index contributed by atoms with van der Waals surface area (Å²) in [7, 11) is 0. The lowest BCUT2D eigenvalue weighted by molar-refractivity contribution is -0.0336. The van der Waals surface area contributed by atoms with E-state index in [1.54, 1.807) is 0 Å². The first-order valence-electron chi connectivity index (χ1n) is 4.35. The number of rotatable bonds is 4. The van der Waals surface area contributed by atoms with E-state index in [1.807, 2.05) is 0 Å². The first kappa shape index (κ1) is 12.1. The van der Waals surface area contributed by atoms with Gasteiger partial charge in [0, 0.05) is 38.1 Å². The van der Waals surface area contributed by atoms with Crippen LogP contribution in [0.4, 0.5) is 13.2 Å². The van der Waals surface area contributed by atoms with E-state index in [-0.39, 0.29) is 11.9 Å². The van der Waals surface area contributed by atoms with Gasteiger partial charge in [0.2, 0.25) is 0 Å². The van der Waals surface area contributed by atoms with Crippen LogP contribution in [-0.4, -0.2) is 49.8 Å². The van der Waals surface area contributed by atoms with Crippen LogP contribution in [0.25, 0.3) is 0 Å². The summed E-state index contributed by atoms with van der Waals surface area (Å²) in [6.45, 7) is 3.92. The van der Waals surface area contributed by atoms with E-state index in [0.29, 0.717) is 26.3 Å². The molecule has 1 heterocycles. The topological polar surface area (TPSA) is 24.5 Å². The Labute approximate surface area is 85.1 Å². The molecule has 0 aromatic rings. The van der Waals surface area contributed by atoms with Crippen molar-refractivity contribution in [2.75, 3.05) is 39.4 Å². The van der Waals surface area contributed by atoms with Crippen molar-refractivity contribution < 1.29 is 17.9 Å². The maximum absolute atomic E-state index is 11.7. The molecular weight excluding hydrogens is 217 g/mol. The fraction of sp³-hybridized carbons (Fsp3) is 1.00. The minimum Gasteiger partial charge on any atom is -0.379 e. The van der Waals surface area contributed by atoms with E-state index in [1.165, 1.54) is 0 Å². The molecule has 0 aromatic heterocycles. The molecule has 0 unspecified atom stereocenters. The first-order chi connectivity index (χ1) is 6.58. The SMILES string of the molecule is FC(F)(F)SNCCN1CCOCC1. The molecule has 0 aromatic carbocycles. The molecule has 1 fully saturated rings. The molecule has 0 radical (unpaired) electrons. The van der Waals surface area contributed by atoms with Gasteiger partial charge in [0.1, 0.15) is 0 Å². The second kappa shape index (κ2) is 5.79. The molecule has 7 heteroatoms. The maximum atomic E-state index is 11.7. The van der Waals surface area contributed by atoms with E-state index in [2.05, 4.69) is 9.62 Å². The monoisotopic (exact) mass is 230 g/mol. The maximum Gasteiger partial charge on any atom is 0.456 e. The Bertz CT molecular complexity index is 162. The number of ether oxygens (including phenoxy) is 1. The van der Waals surface area contributed by atoms with Crippen molar-refractivity contribution in [3.05, 3.63) is 0 Å². The number of halogens is 3. The van der Waals surface area contributed by atoms with Gasteiger partial charge >= 0.3 is 5.51 Å². The Morgan fingerprint density at radius 1 is 1.29 bits per heavy atom. The number of hydrogen-bond donors (Lipinski definition) is 1. The summed E-state index contributed by atoms with van der Waals surface area (Å²) in [4.78, 5) is 2.08. The van der Waals surface area contributed by atoms with Crippen LogP contribution in [0.2, 0.25) is 0 Å². The highest BCUT2D eigenvalue weighted by atomic mass is 32.2.